The fraction of sp³-hybridized carbons (Fsp3) is 0.296. The van der Waals surface area contributed by atoms with Gasteiger partial charge in [0.1, 0.15) is 22.8 Å². The van der Waals surface area contributed by atoms with Gasteiger partial charge >= 0.3 is 0 Å². The van der Waals surface area contributed by atoms with Crippen LogP contribution < -0.4 is 15.4 Å². The van der Waals surface area contributed by atoms with Crippen molar-refractivity contribution in [2.45, 2.75) is 25.3 Å². The number of nitrogens with two attached hydrogens (primary N) is 1. The Labute approximate surface area is 198 Å². The predicted octanol–water partition coefficient (Wildman–Crippen LogP) is 4.27. The maximum atomic E-state index is 6.74. The lowest BCUT2D eigenvalue weighted by molar-refractivity contribution is 0.187. The molecular formula is C27H28N6O. The molecule has 2 aromatic heterocycles. The summed E-state index contributed by atoms with van der Waals surface area (Å²) in [7, 11) is 1.65. The van der Waals surface area contributed by atoms with Crippen LogP contribution >= 0.6 is 0 Å². The van der Waals surface area contributed by atoms with E-state index in [4.69, 9.17) is 20.4 Å². The van der Waals surface area contributed by atoms with Crippen molar-refractivity contribution < 1.29 is 4.74 Å². The standard InChI is InChI=1S/C27H28N6O/c1-17(19-8-5-6-10-21(19)34-2)23-24-26(32-31-23)30-22(16-29-24)33-13-11-27(12-14-33)15-18-7-3-4-9-20(18)25(27)28/h3-10,16,25H,1,11-15,28H2,2H3,(H,30,31,32)/t25-/m1/s1. The van der Waals surface area contributed by atoms with E-state index in [0.29, 0.717) is 16.9 Å². The van der Waals surface area contributed by atoms with Crippen LogP contribution in [0.15, 0.2) is 61.3 Å². The monoisotopic (exact) mass is 452 g/mol. The number of fused-ring (bicyclic) bond motifs is 2. The van der Waals surface area contributed by atoms with E-state index in [9.17, 15) is 0 Å². The van der Waals surface area contributed by atoms with Crippen LogP contribution in [0.2, 0.25) is 0 Å². The lowest BCUT2D eigenvalue weighted by atomic mass is 9.73. The van der Waals surface area contributed by atoms with Crippen LogP contribution in [-0.4, -0.2) is 40.4 Å². The molecule has 1 saturated heterocycles. The smallest absolute Gasteiger partial charge is 0.177 e. The van der Waals surface area contributed by atoms with Crippen molar-refractivity contribution in [2.24, 2.45) is 11.1 Å². The first-order chi connectivity index (χ1) is 16.6. The van der Waals surface area contributed by atoms with Crippen LogP contribution in [0.5, 0.6) is 5.75 Å². The highest BCUT2D eigenvalue weighted by atomic mass is 16.5. The Hall–Kier alpha value is -3.71. The minimum atomic E-state index is 0.107. The zero-order valence-corrected chi connectivity index (χ0v) is 19.3. The largest absolute Gasteiger partial charge is 0.496 e. The second-order valence-electron chi connectivity index (χ2n) is 9.38. The lowest BCUT2D eigenvalue weighted by Crippen LogP contribution is -2.44. The molecule has 0 saturated carbocycles. The van der Waals surface area contributed by atoms with Crippen molar-refractivity contribution in [3.63, 3.8) is 0 Å². The molecule has 6 rings (SSSR count). The number of anilines is 1. The first kappa shape index (κ1) is 20.9. The van der Waals surface area contributed by atoms with Gasteiger partial charge in [-0.1, -0.05) is 49.0 Å². The summed E-state index contributed by atoms with van der Waals surface area (Å²) < 4.78 is 5.49. The number of nitrogens with zero attached hydrogens (tertiary/aromatic N) is 4. The fourth-order valence-corrected chi connectivity index (χ4v) is 5.66. The van der Waals surface area contributed by atoms with E-state index in [2.05, 4.69) is 45.9 Å². The van der Waals surface area contributed by atoms with Crippen molar-refractivity contribution in [3.8, 4) is 5.75 Å². The molecule has 34 heavy (non-hydrogen) atoms. The Morgan fingerprint density at radius 2 is 1.91 bits per heavy atom. The molecular weight excluding hydrogens is 424 g/mol. The van der Waals surface area contributed by atoms with Crippen LogP contribution in [0.25, 0.3) is 16.7 Å². The minimum absolute atomic E-state index is 0.107. The third-order valence-corrected chi connectivity index (χ3v) is 7.65. The van der Waals surface area contributed by atoms with Gasteiger partial charge in [-0.15, -0.1) is 0 Å². The molecule has 1 aliphatic heterocycles. The lowest BCUT2D eigenvalue weighted by Gasteiger charge is -2.42. The van der Waals surface area contributed by atoms with Gasteiger partial charge in [0.05, 0.1) is 13.3 Å². The Kier molecular flexibility index (Phi) is 4.88. The quantitative estimate of drug-likeness (QED) is 0.480. The molecule has 1 aliphatic carbocycles. The highest BCUT2D eigenvalue weighted by molar-refractivity contribution is 5.91. The number of hydrogen-bond donors (Lipinski definition) is 2. The van der Waals surface area contributed by atoms with Gasteiger partial charge in [0.15, 0.2) is 5.65 Å². The molecule has 3 N–H and O–H groups in total. The minimum Gasteiger partial charge on any atom is -0.496 e. The number of benzene rings is 2. The van der Waals surface area contributed by atoms with Crippen molar-refractivity contribution >= 4 is 22.6 Å². The third-order valence-electron chi connectivity index (χ3n) is 7.65. The summed E-state index contributed by atoms with van der Waals surface area (Å²) in [6.07, 6.45) is 5.00. The maximum absolute atomic E-state index is 6.74. The summed E-state index contributed by atoms with van der Waals surface area (Å²) in [6, 6.07) is 16.5. The van der Waals surface area contributed by atoms with Crippen molar-refractivity contribution in [1.82, 2.24) is 20.2 Å². The van der Waals surface area contributed by atoms with Gasteiger partial charge in [-0.05, 0) is 41.9 Å². The van der Waals surface area contributed by atoms with Crippen molar-refractivity contribution in [1.29, 1.82) is 0 Å². The molecule has 1 spiro atoms. The van der Waals surface area contributed by atoms with E-state index in [1.165, 1.54) is 11.1 Å². The molecule has 0 amide bonds. The van der Waals surface area contributed by atoms with E-state index in [0.717, 1.165) is 55.1 Å². The van der Waals surface area contributed by atoms with Gasteiger partial charge in [-0.2, -0.15) is 5.10 Å². The summed E-state index contributed by atoms with van der Waals surface area (Å²) in [5, 5.41) is 7.54. The number of para-hydroxylation sites is 1. The molecule has 3 heterocycles. The van der Waals surface area contributed by atoms with E-state index in [-0.39, 0.29) is 11.5 Å². The van der Waals surface area contributed by atoms with E-state index in [1.54, 1.807) is 7.11 Å². The summed E-state index contributed by atoms with van der Waals surface area (Å²) >= 11 is 0. The number of nitrogens with one attached hydrogen (secondary N) is 1. The number of aromatic amines is 1. The van der Waals surface area contributed by atoms with Gasteiger partial charge in [0, 0.05) is 30.3 Å². The molecule has 4 aromatic rings. The molecule has 0 bridgehead atoms. The van der Waals surface area contributed by atoms with Crippen LogP contribution in [-0.2, 0) is 6.42 Å². The molecule has 2 aromatic carbocycles. The molecule has 1 atom stereocenters. The Morgan fingerprint density at radius 1 is 1.15 bits per heavy atom. The topological polar surface area (TPSA) is 93.0 Å². The first-order valence-corrected chi connectivity index (χ1v) is 11.7. The van der Waals surface area contributed by atoms with Gasteiger partial charge in [0.2, 0.25) is 0 Å². The summed E-state index contributed by atoms with van der Waals surface area (Å²) in [5.41, 5.74) is 13.3. The van der Waals surface area contributed by atoms with Crippen LogP contribution in [0.3, 0.4) is 0 Å². The van der Waals surface area contributed by atoms with Gasteiger partial charge < -0.3 is 15.4 Å². The number of methoxy groups -OCH3 is 1. The van der Waals surface area contributed by atoms with Crippen molar-refractivity contribution in [2.75, 3.05) is 25.1 Å². The molecule has 0 radical (unpaired) electrons. The zero-order chi connectivity index (χ0) is 23.3. The Balaban J connectivity index is 1.22. The summed E-state index contributed by atoms with van der Waals surface area (Å²) in [5.74, 6) is 1.62. The van der Waals surface area contributed by atoms with E-state index < -0.39 is 0 Å². The second kappa shape index (κ2) is 7.95. The number of rotatable bonds is 4. The average molecular weight is 453 g/mol. The molecule has 0 unspecified atom stereocenters. The summed E-state index contributed by atoms with van der Waals surface area (Å²) in [6.45, 7) is 6.08. The number of H-pyrrole nitrogens is 1. The second-order valence-corrected chi connectivity index (χ2v) is 9.38. The molecule has 172 valence electrons. The highest BCUT2D eigenvalue weighted by Gasteiger charge is 2.45. The molecule has 7 heteroatoms. The third kappa shape index (κ3) is 3.19. The van der Waals surface area contributed by atoms with E-state index >= 15 is 0 Å². The number of hydrogen-bond acceptors (Lipinski definition) is 6. The van der Waals surface area contributed by atoms with Crippen LogP contribution in [0.1, 0.15) is 41.3 Å². The number of aromatic nitrogens is 4. The Bertz CT molecular complexity index is 1380. The average Bonchev–Trinajstić information content (AvgIpc) is 3.43. The highest BCUT2D eigenvalue weighted by Crippen LogP contribution is 2.50. The molecule has 2 aliphatic rings. The van der Waals surface area contributed by atoms with E-state index in [1.807, 2.05) is 30.5 Å². The maximum Gasteiger partial charge on any atom is 0.177 e. The number of piperidine rings is 1. The SMILES string of the molecule is C=C(c1ccccc1OC)c1n[nH]c2nc(N3CCC4(CC3)Cc3ccccc3[C@H]4N)cnc12. The Morgan fingerprint density at radius 3 is 2.71 bits per heavy atom. The fourth-order valence-electron chi connectivity index (χ4n) is 5.66. The zero-order valence-electron chi connectivity index (χ0n) is 19.3. The molecule has 7 nitrogen and oxygen atoms in total. The van der Waals surface area contributed by atoms with Gasteiger partial charge in [-0.3, -0.25) is 5.10 Å². The first-order valence-electron chi connectivity index (χ1n) is 11.7. The van der Waals surface area contributed by atoms with Gasteiger partial charge in [0.25, 0.3) is 0 Å². The van der Waals surface area contributed by atoms with Gasteiger partial charge in [-0.25, -0.2) is 9.97 Å². The molecule has 1 fully saturated rings. The predicted molar refractivity (Wildman–Crippen MR) is 134 cm³/mol. The van der Waals surface area contributed by atoms with Crippen LogP contribution in [0.4, 0.5) is 5.82 Å². The van der Waals surface area contributed by atoms with Crippen LogP contribution in [0, 0.1) is 5.41 Å². The summed E-state index contributed by atoms with van der Waals surface area (Å²) in [4.78, 5) is 11.9. The van der Waals surface area contributed by atoms with Crippen molar-refractivity contribution in [3.05, 3.63) is 83.7 Å². The number of ether oxygens (including phenoxy) is 1. The normalized spacial score (nSPS) is 18.9.